The summed E-state index contributed by atoms with van der Waals surface area (Å²) >= 11 is 0. The summed E-state index contributed by atoms with van der Waals surface area (Å²) in [6.07, 6.45) is 1.18. The fourth-order valence-corrected chi connectivity index (χ4v) is 4.51. The monoisotopic (exact) mass is 482 g/mol. The number of hydrogen-bond acceptors (Lipinski definition) is 5. The van der Waals surface area contributed by atoms with Crippen molar-refractivity contribution in [3.8, 4) is 11.3 Å². The number of nitrogens with one attached hydrogen (secondary N) is 1. The van der Waals surface area contributed by atoms with E-state index < -0.39 is 61.4 Å². The van der Waals surface area contributed by atoms with E-state index in [1.807, 2.05) is 0 Å². The molecule has 0 aliphatic carbocycles. The van der Waals surface area contributed by atoms with Gasteiger partial charge in [0.05, 0.1) is 11.8 Å². The van der Waals surface area contributed by atoms with Crippen molar-refractivity contribution in [1.82, 2.24) is 19.3 Å². The van der Waals surface area contributed by atoms with E-state index in [1.165, 1.54) is 6.07 Å². The van der Waals surface area contributed by atoms with E-state index in [-0.39, 0.29) is 12.0 Å². The highest BCUT2D eigenvalue weighted by atomic mass is 32.2. The molecule has 12 heteroatoms. The molecular formula is C21H21F3N4O4S. The third-order valence-corrected chi connectivity index (χ3v) is 6.56. The second kappa shape index (κ2) is 8.85. The molecule has 0 saturated heterocycles. The Hall–Kier alpha value is -3.41. The largest absolute Gasteiger partial charge is 0.465 e. The van der Waals surface area contributed by atoms with Gasteiger partial charge in [-0.05, 0) is 36.1 Å². The number of nitrogens with zero attached hydrogens (tertiary/aromatic N) is 3. The Morgan fingerprint density at radius 1 is 1.18 bits per heavy atom. The van der Waals surface area contributed by atoms with Crippen molar-refractivity contribution in [2.45, 2.75) is 38.3 Å². The third kappa shape index (κ3) is 5.00. The zero-order valence-corrected chi connectivity index (χ0v) is 18.7. The van der Waals surface area contributed by atoms with E-state index in [4.69, 9.17) is 5.11 Å². The Balaban J connectivity index is 2.23. The van der Waals surface area contributed by atoms with E-state index in [1.54, 1.807) is 20.8 Å². The van der Waals surface area contributed by atoms with Crippen molar-refractivity contribution in [3.63, 3.8) is 0 Å². The number of halogens is 3. The standard InChI is InChI=1S/C21H21F3N4O4S/c1-21(2,3)15(27-20(29)30)9-12-11-28(33(31,32)16-7-6-13(22)10-26-16)18(17(12)23)14-5-4-8-25-19(14)24/h4-8,10-11,15,27H,9H2,1-3H3,(H,29,30). The van der Waals surface area contributed by atoms with Gasteiger partial charge in [-0.25, -0.2) is 27.5 Å². The fourth-order valence-electron chi connectivity index (χ4n) is 3.20. The molecule has 0 bridgehead atoms. The van der Waals surface area contributed by atoms with Crippen molar-refractivity contribution in [3.05, 3.63) is 66.0 Å². The van der Waals surface area contributed by atoms with Gasteiger partial charge >= 0.3 is 6.09 Å². The first-order valence-corrected chi connectivity index (χ1v) is 11.1. The number of rotatable bonds is 6. The molecule has 0 fully saturated rings. The van der Waals surface area contributed by atoms with E-state index >= 15 is 4.39 Å². The number of carbonyl (C=O) groups is 1. The summed E-state index contributed by atoms with van der Waals surface area (Å²) < 4.78 is 70.3. The van der Waals surface area contributed by atoms with Crippen LogP contribution in [0.3, 0.4) is 0 Å². The lowest BCUT2D eigenvalue weighted by Gasteiger charge is -2.30. The molecule has 1 atom stereocenters. The highest BCUT2D eigenvalue weighted by Gasteiger charge is 2.33. The topological polar surface area (TPSA) is 114 Å². The second-order valence-electron chi connectivity index (χ2n) is 8.35. The van der Waals surface area contributed by atoms with Gasteiger partial charge in [0, 0.05) is 24.0 Å². The van der Waals surface area contributed by atoms with Crippen LogP contribution in [0, 0.1) is 23.0 Å². The van der Waals surface area contributed by atoms with Gasteiger partial charge in [-0.1, -0.05) is 20.8 Å². The molecule has 2 N–H and O–H groups in total. The number of amides is 1. The molecule has 3 aromatic rings. The van der Waals surface area contributed by atoms with Crippen LogP contribution in [-0.2, 0) is 16.4 Å². The normalized spacial score (nSPS) is 13.0. The fraction of sp³-hybridized carbons (Fsp3) is 0.286. The number of hydrogen-bond donors (Lipinski definition) is 2. The molecule has 3 aromatic heterocycles. The first-order valence-electron chi connectivity index (χ1n) is 9.69. The van der Waals surface area contributed by atoms with Crippen LogP contribution in [0.25, 0.3) is 11.3 Å². The third-order valence-electron chi connectivity index (χ3n) is 4.99. The molecule has 0 saturated carbocycles. The molecule has 8 nitrogen and oxygen atoms in total. The zero-order chi connectivity index (χ0) is 24.6. The summed E-state index contributed by atoms with van der Waals surface area (Å²) in [6, 6.07) is 3.43. The molecule has 0 radical (unpaired) electrons. The van der Waals surface area contributed by atoms with Gasteiger partial charge in [0.2, 0.25) is 5.95 Å². The molecule has 3 heterocycles. The van der Waals surface area contributed by atoms with Gasteiger partial charge in [0.1, 0.15) is 11.5 Å². The Kier molecular flexibility index (Phi) is 6.50. The summed E-state index contributed by atoms with van der Waals surface area (Å²) in [6.45, 7) is 5.18. The highest BCUT2D eigenvalue weighted by molar-refractivity contribution is 7.90. The van der Waals surface area contributed by atoms with Gasteiger partial charge in [-0.15, -0.1) is 0 Å². The van der Waals surface area contributed by atoms with Crippen LogP contribution in [0.4, 0.5) is 18.0 Å². The minimum absolute atomic E-state index is 0.174. The number of pyridine rings is 2. The van der Waals surface area contributed by atoms with Gasteiger partial charge in [0.15, 0.2) is 10.8 Å². The van der Waals surface area contributed by atoms with Crippen molar-refractivity contribution >= 4 is 16.1 Å². The summed E-state index contributed by atoms with van der Waals surface area (Å²) in [7, 11) is -4.58. The maximum atomic E-state index is 15.6. The predicted molar refractivity (Wildman–Crippen MR) is 112 cm³/mol. The molecule has 0 aliphatic rings. The van der Waals surface area contributed by atoms with Crippen LogP contribution in [0.1, 0.15) is 26.3 Å². The van der Waals surface area contributed by atoms with Crippen molar-refractivity contribution in [2.75, 3.05) is 0 Å². The predicted octanol–water partition coefficient (Wildman–Crippen LogP) is 3.82. The molecule has 176 valence electrons. The molecule has 0 aromatic carbocycles. The molecule has 33 heavy (non-hydrogen) atoms. The first kappa shape index (κ1) is 24.2. The SMILES string of the molecule is CC(C)(C)C(Cc1cn(S(=O)(=O)c2ccc(F)cn2)c(-c2cccnc2F)c1F)NC(=O)O. The van der Waals surface area contributed by atoms with E-state index in [0.717, 1.165) is 30.6 Å². The summed E-state index contributed by atoms with van der Waals surface area (Å²) in [5, 5.41) is 10.9. The number of aromatic nitrogens is 3. The molecule has 3 rings (SSSR count). The van der Waals surface area contributed by atoms with Gasteiger partial charge in [-0.3, -0.25) is 0 Å². The Bertz CT molecular complexity index is 1290. The summed E-state index contributed by atoms with van der Waals surface area (Å²) in [5.41, 5.74) is -1.90. The van der Waals surface area contributed by atoms with Gasteiger partial charge in [-0.2, -0.15) is 12.8 Å². The van der Waals surface area contributed by atoms with Crippen LogP contribution >= 0.6 is 0 Å². The quantitative estimate of drug-likeness (QED) is 0.517. The average molecular weight is 482 g/mol. The van der Waals surface area contributed by atoms with Crippen LogP contribution in [0.2, 0.25) is 0 Å². The van der Waals surface area contributed by atoms with Crippen molar-refractivity contribution in [1.29, 1.82) is 0 Å². The van der Waals surface area contributed by atoms with Crippen molar-refractivity contribution < 1.29 is 31.5 Å². The van der Waals surface area contributed by atoms with Crippen molar-refractivity contribution in [2.24, 2.45) is 5.41 Å². The van der Waals surface area contributed by atoms with Crippen LogP contribution in [0.15, 0.2) is 47.9 Å². The highest BCUT2D eigenvalue weighted by Crippen LogP contribution is 2.33. The lowest BCUT2D eigenvalue weighted by atomic mass is 9.83. The van der Waals surface area contributed by atoms with Gasteiger partial charge in [0.25, 0.3) is 10.0 Å². The zero-order valence-electron chi connectivity index (χ0n) is 17.9. The van der Waals surface area contributed by atoms with Crippen LogP contribution in [-0.4, -0.2) is 39.6 Å². The summed E-state index contributed by atoms with van der Waals surface area (Å²) in [4.78, 5) is 18.3. The molecule has 1 amide bonds. The maximum absolute atomic E-state index is 15.6. The first-order chi connectivity index (χ1) is 15.3. The molecule has 1 unspecified atom stereocenters. The Labute approximate surface area is 188 Å². The second-order valence-corrected chi connectivity index (χ2v) is 10.1. The molecule has 0 spiro atoms. The van der Waals surface area contributed by atoms with Crippen LogP contribution < -0.4 is 5.32 Å². The van der Waals surface area contributed by atoms with E-state index in [9.17, 15) is 22.0 Å². The minimum atomic E-state index is -4.58. The average Bonchev–Trinajstić information content (AvgIpc) is 3.04. The number of carboxylic acid groups (broad SMARTS) is 1. The summed E-state index contributed by atoms with van der Waals surface area (Å²) in [5.74, 6) is -2.95. The maximum Gasteiger partial charge on any atom is 0.404 e. The molecular weight excluding hydrogens is 461 g/mol. The smallest absolute Gasteiger partial charge is 0.404 e. The van der Waals surface area contributed by atoms with Gasteiger partial charge < -0.3 is 10.4 Å². The lowest BCUT2D eigenvalue weighted by molar-refractivity contribution is 0.174. The van der Waals surface area contributed by atoms with E-state index in [2.05, 4.69) is 15.3 Å². The molecule has 0 aliphatic heterocycles. The Morgan fingerprint density at radius 2 is 1.88 bits per heavy atom. The van der Waals surface area contributed by atoms with E-state index in [0.29, 0.717) is 10.2 Å². The minimum Gasteiger partial charge on any atom is -0.465 e. The Morgan fingerprint density at radius 3 is 2.42 bits per heavy atom. The lowest BCUT2D eigenvalue weighted by Crippen LogP contribution is -2.44. The van der Waals surface area contributed by atoms with Crippen LogP contribution in [0.5, 0.6) is 0 Å².